The number of rotatable bonds is 0. The lowest BCUT2D eigenvalue weighted by atomic mass is 9.64. The summed E-state index contributed by atoms with van der Waals surface area (Å²) >= 11 is 0. The Hall–Kier alpha value is -0.520. The van der Waals surface area contributed by atoms with Crippen molar-refractivity contribution < 1.29 is 0 Å². The molecular weight excluding hydrogens is 168 g/mol. The summed E-state index contributed by atoms with van der Waals surface area (Å²) in [4.78, 5) is 0. The van der Waals surface area contributed by atoms with Crippen molar-refractivity contribution >= 4 is 0 Å². The molecule has 0 aromatic carbocycles. The first-order valence-electron chi connectivity index (χ1n) is 5.62. The molecule has 0 saturated carbocycles. The van der Waals surface area contributed by atoms with Crippen LogP contribution in [0.2, 0.25) is 0 Å². The van der Waals surface area contributed by atoms with Crippen molar-refractivity contribution in [2.45, 2.75) is 41.5 Å². The highest BCUT2D eigenvalue weighted by atomic mass is 14.4. The molecule has 0 spiro atoms. The van der Waals surface area contributed by atoms with Gasteiger partial charge in [-0.25, -0.2) is 0 Å². The van der Waals surface area contributed by atoms with E-state index in [0.29, 0.717) is 23.2 Å². The molecule has 0 bridgehead atoms. The van der Waals surface area contributed by atoms with Crippen molar-refractivity contribution in [1.29, 1.82) is 0 Å². The maximum atomic E-state index is 4.25. The van der Waals surface area contributed by atoms with Gasteiger partial charge in [0.25, 0.3) is 0 Å². The fraction of sp³-hybridized carbons (Fsp3) is 0.714. The van der Waals surface area contributed by atoms with Gasteiger partial charge in [0.1, 0.15) is 0 Å². The topological polar surface area (TPSA) is 0 Å². The Bertz CT molecular complexity index is 262. The van der Waals surface area contributed by atoms with Crippen LogP contribution in [0.15, 0.2) is 23.8 Å². The van der Waals surface area contributed by atoms with Crippen molar-refractivity contribution in [2.75, 3.05) is 0 Å². The molecular formula is C14H24. The van der Waals surface area contributed by atoms with E-state index in [9.17, 15) is 0 Å². The molecule has 0 fully saturated rings. The van der Waals surface area contributed by atoms with Crippen molar-refractivity contribution in [3.63, 3.8) is 0 Å². The molecule has 0 amide bonds. The molecule has 0 aromatic heterocycles. The van der Waals surface area contributed by atoms with E-state index in [0.717, 1.165) is 0 Å². The van der Waals surface area contributed by atoms with Crippen LogP contribution in [-0.2, 0) is 0 Å². The number of hydrogen-bond acceptors (Lipinski definition) is 0. The third-order valence-electron chi connectivity index (χ3n) is 3.81. The van der Waals surface area contributed by atoms with Gasteiger partial charge in [0.15, 0.2) is 0 Å². The van der Waals surface area contributed by atoms with E-state index < -0.39 is 0 Å². The zero-order valence-corrected chi connectivity index (χ0v) is 10.5. The standard InChI is InChI=1S/C14H24/c1-9-8-13(14(5,6)7)12(4)11(3)10(9)2/h8,10,12-13H,3H2,1-2,4-7H3. The molecule has 0 nitrogen and oxygen atoms in total. The van der Waals surface area contributed by atoms with Crippen molar-refractivity contribution in [3.05, 3.63) is 23.8 Å². The van der Waals surface area contributed by atoms with Crippen LogP contribution in [0.1, 0.15) is 41.5 Å². The molecule has 3 atom stereocenters. The summed E-state index contributed by atoms with van der Waals surface area (Å²) < 4.78 is 0. The van der Waals surface area contributed by atoms with Gasteiger partial charge in [-0.05, 0) is 30.1 Å². The summed E-state index contributed by atoms with van der Waals surface area (Å²) in [7, 11) is 0. The Kier molecular flexibility index (Phi) is 2.94. The first-order chi connectivity index (χ1) is 6.25. The molecule has 0 heterocycles. The molecule has 1 aliphatic carbocycles. The van der Waals surface area contributed by atoms with E-state index >= 15 is 0 Å². The third kappa shape index (κ3) is 1.94. The van der Waals surface area contributed by atoms with Gasteiger partial charge in [0.05, 0.1) is 0 Å². The third-order valence-corrected chi connectivity index (χ3v) is 3.81. The highest BCUT2D eigenvalue weighted by Crippen LogP contribution is 2.44. The SMILES string of the molecule is C=C1C(C)C(C)=CC(C(C)(C)C)C1C. The van der Waals surface area contributed by atoms with E-state index in [1.807, 2.05) is 0 Å². The zero-order valence-electron chi connectivity index (χ0n) is 10.5. The first kappa shape index (κ1) is 11.6. The predicted octanol–water partition coefficient (Wildman–Crippen LogP) is 4.44. The van der Waals surface area contributed by atoms with Gasteiger partial charge in [-0.2, -0.15) is 0 Å². The lowest BCUT2D eigenvalue weighted by molar-refractivity contribution is 0.223. The highest BCUT2D eigenvalue weighted by Gasteiger charge is 2.34. The molecule has 0 radical (unpaired) electrons. The summed E-state index contributed by atoms with van der Waals surface area (Å²) in [5, 5.41) is 0. The smallest absolute Gasteiger partial charge is 0.00239 e. The molecule has 0 heteroatoms. The molecule has 1 rings (SSSR count). The Labute approximate surface area is 89.1 Å². The molecule has 1 aliphatic rings. The maximum Gasteiger partial charge on any atom is -0.00239 e. The Morgan fingerprint density at radius 1 is 1.21 bits per heavy atom. The van der Waals surface area contributed by atoms with Crippen LogP contribution in [-0.4, -0.2) is 0 Å². The second-order valence-electron chi connectivity index (χ2n) is 5.89. The average molecular weight is 192 g/mol. The van der Waals surface area contributed by atoms with Gasteiger partial charge in [-0.15, -0.1) is 0 Å². The van der Waals surface area contributed by atoms with Crippen LogP contribution in [0, 0.1) is 23.2 Å². The second kappa shape index (κ2) is 3.56. The second-order valence-corrected chi connectivity index (χ2v) is 5.89. The fourth-order valence-corrected chi connectivity index (χ4v) is 2.49. The molecule has 0 N–H and O–H groups in total. The van der Waals surface area contributed by atoms with Gasteiger partial charge in [-0.1, -0.05) is 58.4 Å². The van der Waals surface area contributed by atoms with Gasteiger partial charge in [0.2, 0.25) is 0 Å². The largest absolute Gasteiger partial charge is 0.0990 e. The number of allylic oxidation sites excluding steroid dienone is 3. The van der Waals surface area contributed by atoms with E-state index in [1.54, 1.807) is 0 Å². The molecule has 14 heavy (non-hydrogen) atoms. The van der Waals surface area contributed by atoms with Gasteiger partial charge < -0.3 is 0 Å². The van der Waals surface area contributed by atoms with Crippen molar-refractivity contribution in [1.82, 2.24) is 0 Å². The summed E-state index contributed by atoms with van der Waals surface area (Å²) in [5.74, 6) is 1.84. The van der Waals surface area contributed by atoms with Crippen LogP contribution < -0.4 is 0 Å². The maximum absolute atomic E-state index is 4.25. The minimum absolute atomic E-state index is 0.351. The van der Waals surface area contributed by atoms with Gasteiger partial charge in [0, 0.05) is 0 Å². The van der Waals surface area contributed by atoms with E-state index in [2.05, 4.69) is 54.2 Å². The summed E-state index contributed by atoms with van der Waals surface area (Å²) in [6.45, 7) is 18.0. The quantitative estimate of drug-likeness (QED) is 0.498. The van der Waals surface area contributed by atoms with Crippen molar-refractivity contribution in [3.8, 4) is 0 Å². The Morgan fingerprint density at radius 3 is 2.14 bits per heavy atom. The molecule has 0 aliphatic heterocycles. The normalized spacial score (nSPS) is 34.3. The summed E-state index contributed by atoms with van der Waals surface area (Å²) in [6, 6.07) is 0. The first-order valence-corrected chi connectivity index (χ1v) is 5.62. The van der Waals surface area contributed by atoms with Crippen LogP contribution in [0.4, 0.5) is 0 Å². The van der Waals surface area contributed by atoms with E-state index in [4.69, 9.17) is 0 Å². The van der Waals surface area contributed by atoms with Gasteiger partial charge in [-0.3, -0.25) is 0 Å². The molecule has 80 valence electrons. The highest BCUT2D eigenvalue weighted by molar-refractivity contribution is 5.26. The molecule has 0 saturated heterocycles. The predicted molar refractivity (Wildman–Crippen MR) is 64.2 cm³/mol. The molecule has 0 aromatic rings. The van der Waals surface area contributed by atoms with Crippen LogP contribution in [0.5, 0.6) is 0 Å². The zero-order chi connectivity index (χ0) is 11.1. The lowest BCUT2D eigenvalue weighted by Gasteiger charge is -2.40. The summed E-state index contributed by atoms with van der Waals surface area (Å²) in [6.07, 6.45) is 2.46. The Morgan fingerprint density at radius 2 is 1.71 bits per heavy atom. The average Bonchev–Trinajstić information content (AvgIpc) is 2.06. The van der Waals surface area contributed by atoms with Crippen LogP contribution >= 0.6 is 0 Å². The van der Waals surface area contributed by atoms with E-state index in [-0.39, 0.29) is 0 Å². The van der Waals surface area contributed by atoms with Gasteiger partial charge >= 0.3 is 0 Å². The van der Waals surface area contributed by atoms with Crippen LogP contribution in [0.3, 0.4) is 0 Å². The minimum atomic E-state index is 0.351. The lowest BCUT2D eigenvalue weighted by Crippen LogP contribution is -2.31. The van der Waals surface area contributed by atoms with Crippen LogP contribution in [0.25, 0.3) is 0 Å². The monoisotopic (exact) mass is 192 g/mol. The van der Waals surface area contributed by atoms with E-state index in [1.165, 1.54) is 11.1 Å². The molecule has 3 unspecified atom stereocenters. The summed E-state index contributed by atoms with van der Waals surface area (Å²) in [5.41, 5.74) is 3.25. The number of hydrogen-bond donors (Lipinski definition) is 0. The fourth-order valence-electron chi connectivity index (χ4n) is 2.49. The van der Waals surface area contributed by atoms with Crippen molar-refractivity contribution in [2.24, 2.45) is 23.2 Å². The Balaban J connectivity index is 3.05. The minimum Gasteiger partial charge on any atom is -0.0990 e.